The van der Waals surface area contributed by atoms with Gasteiger partial charge in [0.05, 0.1) is 18.4 Å². The van der Waals surface area contributed by atoms with E-state index in [9.17, 15) is 8.42 Å². The van der Waals surface area contributed by atoms with Crippen LogP contribution in [0.2, 0.25) is 0 Å². The number of rotatable bonds is 3. The number of hydrogen-bond acceptors (Lipinski definition) is 4. The summed E-state index contributed by atoms with van der Waals surface area (Å²) in [5.74, 6) is 1.38. The number of aromatic amines is 1. The largest absolute Gasteiger partial charge is 0.487 e. The van der Waals surface area contributed by atoms with Gasteiger partial charge in [0.2, 0.25) is 0 Å². The predicted octanol–water partition coefficient (Wildman–Crippen LogP) is 2.51. The molecule has 0 spiro atoms. The Bertz CT molecular complexity index is 783. The Morgan fingerprint density at radius 1 is 1.36 bits per heavy atom. The first-order chi connectivity index (χ1) is 10.4. The summed E-state index contributed by atoms with van der Waals surface area (Å²) < 4.78 is 32.9. The number of aromatic nitrogens is 2. The van der Waals surface area contributed by atoms with Gasteiger partial charge < -0.3 is 9.72 Å². The molecular weight excluding hydrogens is 302 g/mol. The van der Waals surface area contributed by atoms with E-state index < -0.39 is 10.0 Å². The van der Waals surface area contributed by atoms with Gasteiger partial charge in [-0.2, -0.15) is 8.42 Å². The molecule has 0 fully saturated rings. The van der Waals surface area contributed by atoms with Crippen LogP contribution in [0.5, 0.6) is 5.75 Å². The fourth-order valence-corrected chi connectivity index (χ4v) is 3.91. The highest BCUT2D eigenvalue weighted by molar-refractivity contribution is 7.92. The fourth-order valence-electron chi connectivity index (χ4n) is 2.44. The molecule has 22 heavy (non-hydrogen) atoms. The maximum atomic E-state index is 12.9. The van der Waals surface area contributed by atoms with Gasteiger partial charge in [0, 0.05) is 5.92 Å². The van der Waals surface area contributed by atoms with Gasteiger partial charge in [-0.3, -0.25) is 4.31 Å². The van der Waals surface area contributed by atoms with Crippen LogP contribution < -0.4 is 9.04 Å². The lowest BCUT2D eigenvalue weighted by Gasteiger charge is -2.33. The van der Waals surface area contributed by atoms with Crippen LogP contribution in [0.4, 0.5) is 5.69 Å². The Labute approximate surface area is 130 Å². The van der Waals surface area contributed by atoms with E-state index in [0.29, 0.717) is 17.3 Å². The van der Waals surface area contributed by atoms with Gasteiger partial charge >= 0.3 is 0 Å². The molecule has 3 rings (SSSR count). The minimum atomic E-state index is -3.69. The summed E-state index contributed by atoms with van der Waals surface area (Å²) in [4.78, 5) is 7.07. The third kappa shape index (κ3) is 2.45. The summed E-state index contributed by atoms with van der Waals surface area (Å²) >= 11 is 0. The van der Waals surface area contributed by atoms with E-state index in [1.165, 1.54) is 10.5 Å². The molecule has 2 aromatic rings. The van der Waals surface area contributed by atoms with Crippen LogP contribution in [-0.4, -0.2) is 31.0 Å². The van der Waals surface area contributed by atoms with Crippen molar-refractivity contribution in [3.63, 3.8) is 0 Å². The number of fused-ring (bicyclic) bond motifs is 1. The van der Waals surface area contributed by atoms with Crippen molar-refractivity contribution in [2.24, 2.45) is 0 Å². The van der Waals surface area contributed by atoms with Crippen LogP contribution in [0.3, 0.4) is 0 Å². The minimum Gasteiger partial charge on any atom is -0.487 e. The van der Waals surface area contributed by atoms with Gasteiger partial charge in [-0.05, 0) is 19.1 Å². The summed E-state index contributed by atoms with van der Waals surface area (Å²) in [5.41, 5.74) is 0.557. The van der Waals surface area contributed by atoms with Crippen LogP contribution >= 0.6 is 0 Å². The zero-order chi connectivity index (χ0) is 15.9. The van der Waals surface area contributed by atoms with Crippen molar-refractivity contribution in [1.29, 1.82) is 0 Å². The third-order valence-electron chi connectivity index (χ3n) is 3.57. The molecule has 0 amide bonds. The number of hydrogen-bond donors (Lipinski definition) is 1. The van der Waals surface area contributed by atoms with E-state index in [2.05, 4.69) is 9.97 Å². The van der Waals surface area contributed by atoms with Gasteiger partial charge in [0.25, 0.3) is 10.0 Å². The van der Waals surface area contributed by atoms with E-state index in [0.717, 1.165) is 0 Å². The summed E-state index contributed by atoms with van der Waals surface area (Å²) in [6, 6.07) is 7.15. The average molecular weight is 321 g/mol. The topological polar surface area (TPSA) is 75.3 Å². The molecular formula is C15H19N3O3S. The second-order valence-corrected chi connectivity index (χ2v) is 7.55. The standard InChI is InChI=1S/C15H19N3O3S/c1-10(2)15-16-8-14(17-15)22(19,20)18-9-11(3)21-13-7-5-4-6-12(13)18/h4-8,10-11H,9H2,1-3H3,(H,16,17)/t11-/m0/s1. The van der Waals surface area contributed by atoms with Gasteiger partial charge in [0.15, 0.2) is 5.03 Å². The molecule has 0 unspecified atom stereocenters. The van der Waals surface area contributed by atoms with Crippen molar-refractivity contribution in [2.45, 2.75) is 37.8 Å². The summed E-state index contributed by atoms with van der Waals surface area (Å²) in [6.45, 7) is 6.04. The van der Waals surface area contributed by atoms with Crippen molar-refractivity contribution < 1.29 is 13.2 Å². The molecule has 7 heteroatoms. The molecule has 0 saturated carbocycles. The molecule has 0 radical (unpaired) electrons. The molecule has 2 heterocycles. The second kappa shape index (κ2) is 5.31. The van der Waals surface area contributed by atoms with Crippen molar-refractivity contribution in [3.05, 3.63) is 36.3 Å². The Morgan fingerprint density at radius 3 is 2.77 bits per heavy atom. The molecule has 0 bridgehead atoms. The van der Waals surface area contributed by atoms with Gasteiger partial charge in [-0.1, -0.05) is 26.0 Å². The van der Waals surface area contributed by atoms with Crippen molar-refractivity contribution >= 4 is 15.7 Å². The molecule has 1 aliphatic rings. The second-order valence-electron chi connectivity index (χ2n) is 5.72. The summed E-state index contributed by atoms with van der Waals surface area (Å²) in [7, 11) is -3.69. The molecule has 1 aromatic heterocycles. The Kier molecular flexibility index (Phi) is 3.60. The van der Waals surface area contributed by atoms with E-state index in [4.69, 9.17) is 4.74 Å². The van der Waals surface area contributed by atoms with Crippen LogP contribution in [0.25, 0.3) is 0 Å². The zero-order valence-electron chi connectivity index (χ0n) is 12.8. The number of benzene rings is 1. The Hall–Kier alpha value is -2.02. The molecule has 1 aliphatic heterocycles. The van der Waals surface area contributed by atoms with Crippen LogP contribution in [0.15, 0.2) is 35.5 Å². The SMILES string of the molecule is CC(C)c1ncc(S(=O)(=O)N2C[C@H](C)Oc3ccccc32)[nH]1. The van der Waals surface area contributed by atoms with Crippen LogP contribution in [0.1, 0.15) is 32.5 Å². The number of ether oxygens (including phenoxy) is 1. The summed E-state index contributed by atoms with van der Waals surface area (Å²) in [6.07, 6.45) is 1.17. The molecule has 1 atom stereocenters. The fraction of sp³-hybridized carbons (Fsp3) is 0.400. The minimum absolute atomic E-state index is 0.111. The maximum absolute atomic E-state index is 12.9. The first-order valence-corrected chi connectivity index (χ1v) is 8.67. The first kappa shape index (κ1) is 14.9. The van der Waals surface area contributed by atoms with E-state index in [1.54, 1.807) is 18.2 Å². The highest BCUT2D eigenvalue weighted by Gasteiger charge is 2.34. The lowest BCUT2D eigenvalue weighted by atomic mass is 10.2. The predicted molar refractivity (Wildman–Crippen MR) is 83.7 cm³/mol. The smallest absolute Gasteiger partial charge is 0.281 e. The van der Waals surface area contributed by atoms with Crippen LogP contribution in [0, 0.1) is 0 Å². The maximum Gasteiger partial charge on any atom is 0.281 e. The average Bonchev–Trinajstić information content (AvgIpc) is 2.97. The highest BCUT2D eigenvalue weighted by atomic mass is 32.2. The molecule has 0 aliphatic carbocycles. The highest BCUT2D eigenvalue weighted by Crippen LogP contribution is 2.36. The Balaban J connectivity index is 2.05. The molecule has 118 valence electrons. The third-order valence-corrected chi connectivity index (χ3v) is 5.26. The number of H-pyrrole nitrogens is 1. The first-order valence-electron chi connectivity index (χ1n) is 7.23. The van der Waals surface area contributed by atoms with Gasteiger partial charge in [-0.15, -0.1) is 0 Å². The molecule has 1 aromatic carbocycles. The lowest BCUT2D eigenvalue weighted by Crippen LogP contribution is -2.42. The monoisotopic (exact) mass is 321 g/mol. The number of sulfonamides is 1. The number of para-hydroxylation sites is 2. The molecule has 1 N–H and O–H groups in total. The zero-order valence-corrected chi connectivity index (χ0v) is 13.6. The quantitative estimate of drug-likeness (QED) is 0.942. The molecule has 0 saturated heterocycles. The number of nitrogens with zero attached hydrogens (tertiary/aromatic N) is 2. The van der Waals surface area contributed by atoms with Crippen LogP contribution in [-0.2, 0) is 10.0 Å². The van der Waals surface area contributed by atoms with Crippen molar-refractivity contribution in [1.82, 2.24) is 9.97 Å². The van der Waals surface area contributed by atoms with Gasteiger partial charge in [-0.25, -0.2) is 4.98 Å². The van der Waals surface area contributed by atoms with E-state index in [1.807, 2.05) is 26.8 Å². The number of anilines is 1. The number of nitrogens with one attached hydrogen (secondary N) is 1. The summed E-state index contributed by atoms with van der Waals surface area (Å²) in [5, 5.41) is 0.111. The van der Waals surface area contributed by atoms with Crippen molar-refractivity contribution in [2.75, 3.05) is 10.8 Å². The van der Waals surface area contributed by atoms with Crippen molar-refractivity contribution in [3.8, 4) is 5.75 Å². The van der Waals surface area contributed by atoms with E-state index in [-0.39, 0.29) is 23.6 Å². The van der Waals surface area contributed by atoms with E-state index >= 15 is 0 Å². The Morgan fingerprint density at radius 2 is 2.09 bits per heavy atom. The molecule has 6 nitrogen and oxygen atoms in total. The lowest BCUT2D eigenvalue weighted by molar-refractivity contribution is 0.219. The number of imidazole rings is 1. The normalized spacial score (nSPS) is 18.2. The van der Waals surface area contributed by atoms with Gasteiger partial charge in [0.1, 0.15) is 17.7 Å².